The monoisotopic (exact) mass is 210 g/mol. The van der Waals surface area contributed by atoms with Crippen LogP contribution in [0.3, 0.4) is 0 Å². The number of nitrogens with zero attached hydrogens (tertiary/aromatic N) is 2. The van der Waals surface area contributed by atoms with Crippen molar-refractivity contribution in [2.24, 2.45) is 0 Å². The molecule has 1 aliphatic carbocycles. The molecule has 4 nitrogen and oxygen atoms in total. The first kappa shape index (κ1) is 10.6. The molecule has 0 aromatic rings. The second-order valence-electron chi connectivity index (χ2n) is 4.51. The number of rotatable bonds is 1. The molecule has 15 heavy (non-hydrogen) atoms. The Labute approximate surface area is 90.2 Å². The van der Waals surface area contributed by atoms with Crippen LogP contribution < -0.4 is 0 Å². The predicted molar refractivity (Wildman–Crippen MR) is 56.5 cm³/mol. The highest BCUT2D eigenvalue weighted by Gasteiger charge is 2.32. The molecule has 1 amide bonds. The van der Waals surface area contributed by atoms with Crippen molar-refractivity contribution in [3.8, 4) is 0 Å². The van der Waals surface area contributed by atoms with Gasteiger partial charge in [0.05, 0.1) is 12.6 Å². The van der Waals surface area contributed by atoms with Gasteiger partial charge < -0.3 is 4.90 Å². The van der Waals surface area contributed by atoms with Crippen LogP contribution in [-0.4, -0.2) is 54.2 Å². The Bertz CT molecular complexity index is 278. The third kappa shape index (κ3) is 2.20. The molecule has 84 valence electrons. The van der Waals surface area contributed by atoms with Crippen molar-refractivity contribution in [1.82, 2.24) is 9.80 Å². The second kappa shape index (κ2) is 4.31. The number of carbonyl (C=O) groups is 2. The Hall–Kier alpha value is -0.900. The summed E-state index contributed by atoms with van der Waals surface area (Å²) < 4.78 is 0. The zero-order valence-electron chi connectivity index (χ0n) is 9.24. The van der Waals surface area contributed by atoms with E-state index in [1.807, 2.05) is 7.05 Å². The SMILES string of the molecule is CN1CCN(C2CCCCC2=O)CC1=O. The lowest BCUT2D eigenvalue weighted by Crippen LogP contribution is -2.54. The molecular weight excluding hydrogens is 192 g/mol. The number of carbonyl (C=O) groups excluding carboxylic acids is 2. The summed E-state index contributed by atoms with van der Waals surface area (Å²) in [6.07, 6.45) is 3.79. The van der Waals surface area contributed by atoms with Gasteiger partial charge in [-0.15, -0.1) is 0 Å². The van der Waals surface area contributed by atoms with Crippen molar-refractivity contribution >= 4 is 11.7 Å². The van der Waals surface area contributed by atoms with Gasteiger partial charge in [0.15, 0.2) is 0 Å². The molecule has 0 spiro atoms. The van der Waals surface area contributed by atoms with Crippen molar-refractivity contribution in [2.45, 2.75) is 31.7 Å². The highest BCUT2D eigenvalue weighted by Crippen LogP contribution is 2.20. The van der Waals surface area contributed by atoms with E-state index < -0.39 is 0 Å². The van der Waals surface area contributed by atoms with Crippen LogP contribution in [0.2, 0.25) is 0 Å². The topological polar surface area (TPSA) is 40.6 Å². The van der Waals surface area contributed by atoms with E-state index in [-0.39, 0.29) is 11.9 Å². The first-order chi connectivity index (χ1) is 7.18. The first-order valence-electron chi connectivity index (χ1n) is 5.69. The Morgan fingerprint density at radius 2 is 2.00 bits per heavy atom. The standard InChI is InChI=1S/C11H18N2O2/c1-12-6-7-13(8-11(12)15)9-4-2-3-5-10(9)14/h9H,2-8H2,1H3. The molecule has 2 aliphatic rings. The molecule has 1 saturated carbocycles. The van der Waals surface area contributed by atoms with E-state index in [0.717, 1.165) is 32.4 Å². The van der Waals surface area contributed by atoms with Crippen molar-refractivity contribution in [1.29, 1.82) is 0 Å². The third-order valence-electron chi connectivity index (χ3n) is 3.45. The van der Waals surface area contributed by atoms with E-state index in [2.05, 4.69) is 4.90 Å². The lowest BCUT2D eigenvalue weighted by Gasteiger charge is -2.38. The zero-order chi connectivity index (χ0) is 10.8. The lowest BCUT2D eigenvalue weighted by molar-refractivity contribution is -0.138. The van der Waals surface area contributed by atoms with Gasteiger partial charge in [-0.05, 0) is 12.8 Å². The molecule has 0 bridgehead atoms. The van der Waals surface area contributed by atoms with E-state index in [9.17, 15) is 9.59 Å². The van der Waals surface area contributed by atoms with E-state index in [0.29, 0.717) is 18.7 Å². The summed E-state index contributed by atoms with van der Waals surface area (Å²) in [7, 11) is 1.82. The van der Waals surface area contributed by atoms with E-state index >= 15 is 0 Å². The summed E-state index contributed by atoms with van der Waals surface area (Å²) in [6.45, 7) is 2.02. The van der Waals surface area contributed by atoms with Gasteiger partial charge in [-0.2, -0.15) is 0 Å². The Morgan fingerprint density at radius 1 is 1.20 bits per heavy atom. The molecule has 0 N–H and O–H groups in total. The predicted octanol–water partition coefficient (Wildman–Crippen LogP) is 0.272. The second-order valence-corrected chi connectivity index (χ2v) is 4.51. The molecule has 1 heterocycles. The molecule has 2 rings (SSSR count). The van der Waals surface area contributed by atoms with Crippen molar-refractivity contribution in [2.75, 3.05) is 26.7 Å². The lowest BCUT2D eigenvalue weighted by atomic mass is 9.92. The van der Waals surface area contributed by atoms with Crippen LogP contribution in [0, 0.1) is 0 Å². The Morgan fingerprint density at radius 3 is 2.67 bits per heavy atom. The van der Waals surface area contributed by atoms with Gasteiger partial charge in [0, 0.05) is 26.6 Å². The molecule has 2 fully saturated rings. The molecule has 1 unspecified atom stereocenters. The minimum Gasteiger partial charge on any atom is -0.343 e. The first-order valence-corrected chi connectivity index (χ1v) is 5.69. The average Bonchev–Trinajstić information content (AvgIpc) is 2.23. The molecule has 0 aromatic carbocycles. The maximum absolute atomic E-state index is 11.7. The fraction of sp³-hybridized carbons (Fsp3) is 0.818. The van der Waals surface area contributed by atoms with Gasteiger partial charge in [-0.25, -0.2) is 0 Å². The van der Waals surface area contributed by atoms with Gasteiger partial charge in [0.2, 0.25) is 5.91 Å². The summed E-state index contributed by atoms with van der Waals surface area (Å²) in [6, 6.07) is 0.0244. The van der Waals surface area contributed by atoms with Crippen LogP contribution in [0.5, 0.6) is 0 Å². The maximum Gasteiger partial charge on any atom is 0.236 e. The van der Waals surface area contributed by atoms with Crippen LogP contribution in [0.25, 0.3) is 0 Å². The molecule has 1 saturated heterocycles. The molecule has 0 radical (unpaired) electrons. The fourth-order valence-corrected chi connectivity index (χ4v) is 2.39. The minimum atomic E-state index is 0.0244. The van der Waals surface area contributed by atoms with Crippen LogP contribution in [0.15, 0.2) is 0 Å². The Kier molecular flexibility index (Phi) is 3.05. The van der Waals surface area contributed by atoms with Crippen LogP contribution in [0.1, 0.15) is 25.7 Å². The third-order valence-corrected chi connectivity index (χ3v) is 3.45. The van der Waals surface area contributed by atoms with Crippen LogP contribution >= 0.6 is 0 Å². The summed E-state index contributed by atoms with van der Waals surface area (Å²) in [4.78, 5) is 27.0. The number of ketones is 1. The fourth-order valence-electron chi connectivity index (χ4n) is 2.39. The normalized spacial score (nSPS) is 29.7. The van der Waals surface area contributed by atoms with Gasteiger partial charge in [0.25, 0.3) is 0 Å². The summed E-state index contributed by atoms with van der Waals surface area (Å²) in [5.41, 5.74) is 0. The Balaban J connectivity index is 1.98. The number of hydrogen-bond donors (Lipinski definition) is 0. The summed E-state index contributed by atoms with van der Waals surface area (Å²) >= 11 is 0. The highest BCUT2D eigenvalue weighted by atomic mass is 16.2. The van der Waals surface area contributed by atoms with Crippen molar-refractivity contribution < 1.29 is 9.59 Å². The number of piperazine rings is 1. The van der Waals surface area contributed by atoms with Gasteiger partial charge in [0.1, 0.15) is 5.78 Å². The highest BCUT2D eigenvalue weighted by molar-refractivity contribution is 5.86. The summed E-state index contributed by atoms with van der Waals surface area (Å²) in [5.74, 6) is 0.471. The van der Waals surface area contributed by atoms with Crippen LogP contribution in [0.4, 0.5) is 0 Å². The van der Waals surface area contributed by atoms with Crippen LogP contribution in [-0.2, 0) is 9.59 Å². The number of Topliss-reactive ketones (excluding diaryl/α,β-unsaturated/α-hetero) is 1. The molecule has 1 aliphatic heterocycles. The molecule has 1 atom stereocenters. The average molecular weight is 210 g/mol. The number of amides is 1. The quantitative estimate of drug-likeness (QED) is 0.624. The van der Waals surface area contributed by atoms with Gasteiger partial charge in [-0.1, -0.05) is 6.42 Å². The zero-order valence-corrected chi connectivity index (χ0v) is 9.24. The summed E-state index contributed by atoms with van der Waals surface area (Å²) in [5, 5.41) is 0. The molecule has 4 heteroatoms. The smallest absolute Gasteiger partial charge is 0.236 e. The van der Waals surface area contributed by atoms with E-state index in [1.54, 1.807) is 4.90 Å². The van der Waals surface area contributed by atoms with Crippen molar-refractivity contribution in [3.05, 3.63) is 0 Å². The largest absolute Gasteiger partial charge is 0.343 e. The minimum absolute atomic E-state index is 0.0244. The van der Waals surface area contributed by atoms with Gasteiger partial charge >= 0.3 is 0 Å². The van der Waals surface area contributed by atoms with Crippen molar-refractivity contribution in [3.63, 3.8) is 0 Å². The molecule has 0 aromatic heterocycles. The van der Waals surface area contributed by atoms with Gasteiger partial charge in [-0.3, -0.25) is 14.5 Å². The number of hydrogen-bond acceptors (Lipinski definition) is 3. The molecular formula is C11H18N2O2. The van der Waals surface area contributed by atoms with E-state index in [4.69, 9.17) is 0 Å². The van der Waals surface area contributed by atoms with E-state index in [1.165, 1.54) is 0 Å². The maximum atomic E-state index is 11.7. The number of likely N-dealkylation sites (N-methyl/N-ethyl adjacent to an activating group) is 1.